The second kappa shape index (κ2) is 4.87. The van der Waals surface area contributed by atoms with Gasteiger partial charge in [0.2, 0.25) is 0 Å². The van der Waals surface area contributed by atoms with Crippen LogP contribution in [0, 0.1) is 0 Å². The average Bonchev–Trinajstić information content (AvgIpc) is 2.50. The van der Waals surface area contributed by atoms with Gasteiger partial charge in [-0.15, -0.1) is 5.10 Å². The summed E-state index contributed by atoms with van der Waals surface area (Å²) in [5, 5.41) is 16.5. The Morgan fingerprint density at radius 1 is 1.58 bits per heavy atom. The fourth-order valence-electron chi connectivity index (χ4n) is 1.02. The lowest BCUT2D eigenvalue weighted by Crippen LogP contribution is -2.02. The van der Waals surface area contributed by atoms with Crippen molar-refractivity contribution in [1.82, 2.24) is 15.0 Å². The standard InChI is InChI=1S/C8H15N3O/c1-2-3-4-8-7-11(5-6-12)10-9-8/h7,12H,2-6H2,1H3. The molecule has 0 aromatic carbocycles. The fraction of sp³-hybridized carbons (Fsp3) is 0.750. The molecule has 4 nitrogen and oxygen atoms in total. The van der Waals surface area contributed by atoms with Gasteiger partial charge in [-0.3, -0.25) is 0 Å². The number of aliphatic hydroxyl groups is 1. The maximum absolute atomic E-state index is 8.62. The Balaban J connectivity index is 2.41. The summed E-state index contributed by atoms with van der Waals surface area (Å²) in [6, 6.07) is 0. The minimum atomic E-state index is 0.122. The van der Waals surface area contributed by atoms with Crippen LogP contribution in [0.4, 0.5) is 0 Å². The number of aliphatic hydroxyl groups excluding tert-OH is 1. The number of rotatable bonds is 5. The highest BCUT2D eigenvalue weighted by Gasteiger charge is 1.98. The molecule has 1 heterocycles. The van der Waals surface area contributed by atoms with Gasteiger partial charge in [-0.2, -0.15) is 0 Å². The molecule has 4 heteroatoms. The molecular formula is C8H15N3O. The highest BCUT2D eigenvalue weighted by molar-refractivity contribution is 4.91. The molecule has 0 aliphatic rings. The van der Waals surface area contributed by atoms with Crippen molar-refractivity contribution in [3.63, 3.8) is 0 Å². The zero-order valence-electron chi connectivity index (χ0n) is 7.40. The number of aryl methyl sites for hydroxylation is 1. The zero-order valence-corrected chi connectivity index (χ0v) is 7.40. The maximum Gasteiger partial charge on any atom is 0.0827 e. The largest absolute Gasteiger partial charge is 0.394 e. The van der Waals surface area contributed by atoms with E-state index in [1.165, 1.54) is 6.42 Å². The third kappa shape index (κ3) is 2.62. The summed E-state index contributed by atoms with van der Waals surface area (Å²) in [5.41, 5.74) is 1.02. The summed E-state index contributed by atoms with van der Waals surface area (Å²) in [6.45, 7) is 2.81. The first-order chi connectivity index (χ1) is 5.86. The summed E-state index contributed by atoms with van der Waals surface area (Å²) in [4.78, 5) is 0. The molecule has 0 atom stereocenters. The number of unbranched alkanes of at least 4 members (excludes halogenated alkanes) is 1. The van der Waals surface area contributed by atoms with Crippen LogP contribution >= 0.6 is 0 Å². The number of nitrogens with zero attached hydrogens (tertiary/aromatic N) is 3. The minimum Gasteiger partial charge on any atom is -0.394 e. The van der Waals surface area contributed by atoms with Crippen molar-refractivity contribution in [3.05, 3.63) is 11.9 Å². The maximum atomic E-state index is 8.62. The smallest absolute Gasteiger partial charge is 0.0827 e. The molecule has 1 aromatic rings. The van der Waals surface area contributed by atoms with Gasteiger partial charge >= 0.3 is 0 Å². The van der Waals surface area contributed by atoms with Crippen molar-refractivity contribution in [1.29, 1.82) is 0 Å². The minimum absolute atomic E-state index is 0.122. The van der Waals surface area contributed by atoms with Crippen molar-refractivity contribution in [2.24, 2.45) is 0 Å². The van der Waals surface area contributed by atoms with Crippen molar-refractivity contribution >= 4 is 0 Å². The highest BCUT2D eigenvalue weighted by atomic mass is 16.3. The second-order valence-electron chi connectivity index (χ2n) is 2.80. The third-order valence-corrected chi connectivity index (χ3v) is 1.70. The Hall–Kier alpha value is -0.900. The fourth-order valence-corrected chi connectivity index (χ4v) is 1.02. The molecule has 0 spiro atoms. The van der Waals surface area contributed by atoms with E-state index in [-0.39, 0.29) is 6.61 Å². The van der Waals surface area contributed by atoms with E-state index in [2.05, 4.69) is 17.2 Å². The van der Waals surface area contributed by atoms with Crippen LogP contribution in [0.15, 0.2) is 6.20 Å². The van der Waals surface area contributed by atoms with Crippen LogP contribution in [-0.4, -0.2) is 26.7 Å². The lowest BCUT2D eigenvalue weighted by atomic mass is 10.2. The molecular weight excluding hydrogens is 154 g/mol. The van der Waals surface area contributed by atoms with E-state index in [1.807, 2.05) is 6.20 Å². The molecule has 1 N–H and O–H groups in total. The molecule has 1 rings (SSSR count). The average molecular weight is 169 g/mol. The Morgan fingerprint density at radius 2 is 2.42 bits per heavy atom. The summed E-state index contributed by atoms with van der Waals surface area (Å²) < 4.78 is 1.67. The van der Waals surface area contributed by atoms with Gasteiger partial charge in [-0.05, 0) is 12.8 Å². The predicted molar refractivity (Wildman–Crippen MR) is 45.7 cm³/mol. The Labute approximate surface area is 72.2 Å². The van der Waals surface area contributed by atoms with Crippen molar-refractivity contribution < 1.29 is 5.11 Å². The molecule has 0 fully saturated rings. The molecule has 0 radical (unpaired) electrons. The van der Waals surface area contributed by atoms with E-state index in [9.17, 15) is 0 Å². The van der Waals surface area contributed by atoms with Gasteiger partial charge in [0.25, 0.3) is 0 Å². The first-order valence-electron chi connectivity index (χ1n) is 4.36. The molecule has 1 aromatic heterocycles. The Kier molecular flexibility index (Phi) is 3.73. The van der Waals surface area contributed by atoms with Gasteiger partial charge in [0, 0.05) is 6.20 Å². The lowest BCUT2D eigenvalue weighted by molar-refractivity contribution is 0.268. The van der Waals surface area contributed by atoms with Gasteiger partial charge in [-0.25, -0.2) is 4.68 Å². The summed E-state index contributed by atoms with van der Waals surface area (Å²) >= 11 is 0. The summed E-state index contributed by atoms with van der Waals surface area (Å²) in [7, 11) is 0. The van der Waals surface area contributed by atoms with E-state index < -0.39 is 0 Å². The van der Waals surface area contributed by atoms with E-state index in [1.54, 1.807) is 4.68 Å². The lowest BCUT2D eigenvalue weighted by Gasteiger charge is -1.92. The van der Waals surface area contributed by atoms with Gasteiger partial charge in [0.1, 0.15) is 0 Å². The number of hydrogen-bond acceptors (Lipinski definition) is 3. The number of hydrogen-bond donors (Lipinski definition) is 1. The monoisotopic (exact) mass is 169 g/mol. The molecule has 0 amide bonds. The van der Waals surface area contributed by atoms with E-state index in [4.69, 9.17) is 5.11 Å². The van der Waals surface area contributed by atoms with Crippen LogP contribution in [-0.2, 0) is 13.0 Å². The van der Waals surface area contributed by atoms with E-state index in [0.29, 0.717) is 6.54 Å². The summed E-state index contributed by atoms with van der Waals surface area (Å²) in [6.07, 6.45) is 5.21. The normalized spacial score (nSPS) is 10.5. The van der Waals surface area contributed by atoms with Crippen molar-refractivity contribution in [2.45, 2.75) is 32.7 Å². The SMILES string of the molecule is CCCCc1cn(CCO)nn1. The van der Waals surface area contributed by atoms with Crippen LogP contribution in [0.2, 0.25) is 0 Å². The quantitative estimate of drug-likeness (QED) is 0.702. The second-order valence-corrected chi connectivity index (χ2v) is 2.80. The van der Waals surface area contributed by atoms with Crippen molar-refractivity contribution in [2.75, 3.05) is 6.61 Å². The number of aromatic nitrogens is 3. The first-order valence-corrected chi connectivity index (χ1v) is 4.36. The van der Waals surface area contributed by atoms with Crippen LogP contribution in [0.5, 0.6) is 0 Å². The predicted octanol–water partition coefficient (Wildman–Crippen LogP) is 0.613. The molecule has 0 saturated heterocycles. The van der Waals surface area contributed by atoms with Crippen LogP contribution in [0.25, 0.3) is 0 Å². The molecule has 0 unspecified atom stereocenters. The van der Waals surface area contributed by atoms with Gasteiger partial charge in [0.15, 0.2) is 0 Å². The van der Waals surface area contributed by atoms with Crippen molar-refractivity contribution in [3.8, 4) is 0 Å². The Bertz CT molecular complexity index is 222. The van der Waals surface area contributed by atoms with Gasteiger partial charge in [0.05, 0.1) is 18.8 Å². The van der Waals surface area contributed by atoms with Crippen LogP contribution in [0.3, 0.4) is 0 Å². The molecule has 0 aliphatic carbocycles. The van der Waals surface area contributed by atoms with E-state index in [0.717, 1.165) is 18.5 Å². The molecule has 12 heavy (non-hydrogen) atoms. The van der Waals surface area contributed by atoms with Gasteiger partial charge < -0.3 is 5.11 Å². The van der Waals surface area contributed by atoms with Gasteiger partial charge in [-0.1, -0.05) is 18.6 Å². The van der Waals surface area contributed by atoms with Crippen LogP contribution in [0.1, 0.15) is 25.5 Å². The molecule has 0 bridgehead atoms. The van der Waals surface area contributed by atoms with Crippen LogP contribution < -0.4 is 0 Å². The third-order valence-electron chi connectivity index (χ3n) is 1.70. The zero-order chi connectivity index (χ0) is 8.81. The molecule has 68 valence electrons. The Morgan fingerprint density at radius 3 is 3.08 bits per heavy atom. The van der Waals surface area contributed by atoms with E-state index >= 15 is 0 Å². The topological polar surface area (TPSA) is 50.9 Å². The first kappa shape index (κ1) is 9.19. The molecule has 0 saturated carbocycles. The highest BCUT2D eigenvalue weighted by Crippen LogP contribution is 1.99. The molecule has 0 aliphatic heterocycles. The summed E-state index contributed by atoms with van der Waals surface area (Å²) in [5.74, 6) is 0.